The maximum Gasteiger partial charge on any atom is 0.268 e. The molecule has 6 heteroatoms. The van der Waals surface area contributed by atoms with Gasteiger partial charge in [-0.15, -0.1) is 0 Å². The standard InChI is InChI=1S/C34H31ClN4O/c1-38-15-13-25(14-16-38)33(29-10-9-27-19-30(35)12-11-26(27)18-29)37-34(40)32-20-28-7-2-3-8-31(28)39(32)22-24-6-4-5-23(17-24)21-36/h2-12,17-20,25,33H,13-16,22H2,1H3,(H,37,40). The van der Waals surface area contributed by atoms with Crippen molar-refractivity contribution < 1.29 is 4.79 Å². The summed E-state index contributed by atoms with van der Waals surface area (Å²) >= 11 is 6.24. The highest BCUT2D eigenvalue weighted by molar-refractivity contribution is 6.31. The highest BCUT2D eigenvalue weighted by Crippen LogP contribution is 2.33. The second-order valence-electron chi connectivity index (χ2n) is 10.8. The number of benzene rings is 4. The van der Waals surface area contributed by atoms with Crippen LogP contribution in [-0.4, -0.2) is 35.5 Å². The number of hydrogen-bond donors (Lipinski definition) is 1. The second-order valence-corrected chi connectivity index (χ2v) is 11.3. The summed E-state index contributed by atoms with van der Waals surface area (Å²) in [6, 6.07) is 32.1. The van der Waals surface area contributed by atoms with Gasteiger partial charge in [0.1, 0.15) is 5.69 Å². The van der Waals surface area contributed by atoms with Gasteiger partial charge in [0.2, 0.25) is 0 Å². The summed E-state index contributed by atoms with van der Waals surface area (Å²) in [5, 5.41) is 16.8. The third kappa shape index (κ3) is 5.34. The fourth-order valence-corrected chi connectivity index (χ4v) is 6.15. The summed E-state index contributed by atoms with van der Waals surface area (Å²) in [7, 11) is 2.16. The summed E-state index contributed by atoms with van der Waals surface area (Å²) < 4.78 is 2.06. The van der Waals surface area contributed by atoms with Crippen molar-refractivity contribution in [3.63, 3.8) is 0 Å². The van der Waals surface area contributed by atoms with Crippen LogP contribution < -0.4 is 5.32 Å². The molecule has 40 heavy (non-hydrogen) atoms. The lowest BCUT2D eigenvalue weighted by atomic mass is 9.84. The molecule has 2 heterocycles. The maximum absolute atomic E-state index is 14.1. The fourth-order valence-electron chi connectivity index (χ4n) is 5.97. The monoisotopic (exact) mass is 546 g/mol. The van der Waals surface area contributed by atoms with E-state index in [1.807, 2.05) is 66.7 Å². The molecule has 1 fully saturated rings. The van der Waals surface area contributed by atoms with Crippen LogP contribution in [0.3, 0.4) is 0 Å². The van der Waals surface area contributed by atoms with Crippen molar-refractivity contribution in [1.82, 2.24) is 14.8 Å². The van der Waals surface area contributed by atoms with Crippen LogP contribution in [0.25, 0.3) is 21.7 Å². The van der Waals surface area contributed by atoms with E-state index in [-0.39, 0.29) is 11.9 Å². The summed E-state index contributed by atoms with van der Waals surface area (Å²) in [5.74, 6) is 0.239. The Morgan fingerprint density at radius 1 is 0.950 bits per heavy atom. The van der Waals surface area contributed by atoms with Crippen LogP contribution in [0.2, 0.25) is 5.02 Å². The Labute approximate surface area is 239 Å². The van der Waals surface area contributed by atoms with E-state index < -0.39 is 0 Å². The molecule has 0 bridgehead atoms. The SMILES string of the molecule is CN1CCC(C(NC(=O)c2cc3ccccc3n2Cc2cccc(C#N)c2)c2ccc3cc(Cl)ccc3c2)CC1. The molecular weight excluding hydrogens is 516 g/mol. The van der Waals surface area contributed by atoms with Crippen LogP contribution in [-0.2, 0) is 6.54 Å². The number of amides is 1. The predicted molar refractivity (Wildman–Crippen MR) is 162 cm³/mol. The van der Waals surface area contributed by atoms with Crippen molar-refractivity contribution in [2.24, 2.45) is 5.92 Å². The Balaban J connectivity index is 1.38. The Kier molecular flexibility index (Phi) is 7.30. The van der Waals surface area contributed by atoms with E-state index in [0.29, 0.717) is 28.7 Å². The minimum atomic E-state index is -0.116. The number of aromatic nitrogens is 1. The number of fused-ring (bicyclic) bond motifs is 2. The van der Waals surface area contributed by atoms with Gasteiger partial charge in [0.25, 0.3) is 5.91 Å². The minimum absolute atomic E-state index is 0.0900. The van der Waals surface area contributed by atoms with Crippen LogP contribution in [0.5, 0.6) is 0 Å². The maximum atomic E-state index is 14.1. The Hall–Kier alpha value is -4.11. The first-order chi connectivity index (χ1) is 19.5. The molecule has 1 aromatic heterocycles. The van der Waals surface area contributed by atoms with Crippen molar-refractivity contribution in [2.75, 3.05) is 20.1 Å². The smallest absolute Gasteiger partial charge is 0.268 e. The molecule has 0 saturated carbocycles. The van der Waals surface area contributed by atoms with Crippen LogP contribution in [0.15, 0.2) is 91.0 Å². The lowest BCUT2D eigenvalue weighted by Crippen LogP contribution is -2.40. The zero-order valence-electron chi connectivity index (χ0n) is 22.5. The van der Waals surface area contributed by atoms with Crippen molar-refractivity contribution in [3.05, 3.63) is 118 Å². The van der Waals surface area contributed by atoms with Gasteiger partial charge in [0.05, 0.1) is 17.7 Å². The molecule has 1 unspecified atom stereocenters. The number of halogens is 1. The van der Waals surface area contributed by atoms with Gasteiger partial charge in [-0.2, -0.15) is 5.26 Å². The number of nitriles is 1. The zero-order chi connectivity index (χ0) is 27.6. The summed E-state index contributed by atoms with van der Waals surface area (Å²) in [4.78, 5) is 16.5. The van der Waals surface area contributed by atoms with E-state index in [4.69, 9.17) is 11.6 Å². The molecule has 1 saturated heterocycles. The van der Waals surface area contributed by atoms with Gasteiger partial charge in [-0.1, -0.05) is 60.1 Å². The molecule has 1 aliphatic rings. The molecule has 6 rings (SSSR count). The van der Waals surface area contributed by atoms with E-state index >= 15 is 0 Å². The number of para-hydroxylation sites is 1. The van der Waals surface area contributed by atoms with E-state index in [0.717, 1.165) is 58.7 Å². The predicted octanol–water partition coefficient (Wildman–Crippen LogP) is 7.18. The van der Waals surface area contributed by atoms with Crippen molar-refractivity contribution in [3.8, 4) is 6.07 Å². The number of likely N-dealkylation sites (tertiary alicyclic amines) is 1. The largest absolute Gasteiger partial charge is 0.344 e. The minimum Gasteiger partial charge on any atom is -0.344 e. The average molecular weight is 547 g/mol. The topological polar surface area (TPSA) is 61.1 Å². The van der Waals surface area contributed by atoms with E-state index in [1.165, 1.54) is 0 Å². The molecule has 5 aromatic rings. The Morgan fingerprint density at radius 3 is 2.55 bits per heavy atom. The third-order valence-electron chi connectivity index (χ3n) is 8.15. The average Bonchev–Trinajstić information content (AvgIpc) is 3.34. The molecule has 0 radical (unpaired) electrons. The molecule has 1 aliphatic heterocycles. The first-order valence-corrected chi connectivity index (χ1v) is 14.1. The number of hydrogen-bond acceptors (Lipinski definition) is 3. The van der Waals surface area contributed by atoms with Crippen molar-refractivity contribution >= 4 is 39.2 Å². The van der Waals surface area contributed by atoms with Gasteiger partial charge in [-0.3, -0.25) is 4.79 Å². The van der Waals surface area contributed by atoms with Gasteiger partial charge >= 0.3 is 0 Å². The van der Waals surface area contributed by atoms with E-state index in [9.17, 15) is 10.1 Å². The molecule has 1 amide bonds. The van der Waals surface area contributed by atoms with Crippen molar-refractivity contribution in [2.45, 2.75) is 25.4 Å². The van der Waals surface area contributed by atoms with E-state index in [1.54, 1.807) is 6.07 Å². The van der Waals surface area contributed by atoms with Gasteiger partial charge in [-0.25, -0.2) is 0 Å². The number of piperidine rings is 1. The van der Waals surface area contributed by atoms with Gasteiger partial charge < -0.3 is 14.8 Å². The third-order valence-corrected chi connectivity index (χ3v) is 8.38. The van der Waals surface area contributed by atoms with Gasteiger partial charge in [0, 0.05) is 22.5 Å². The molecule has 4 aromatic carbocycles. The number of carbonyl (C=O) groups excluding carboxylic acids is 1. The Bertz CT molecular complexity index is 1740. The van der Waals surface area contributed by atoms with Crippen molar-refractivity contribution in [1.29, 1.82) is 5.26 Å². The van der Waals surface area contributed by atoms with Crippen LogP contribution in [0.4, 0.5) is 0 Å². The van der Waals surface area contributed by atoms with Crippen LogP contribution in [0, 0.1) is 17.2 Å². The summed E-state index contributed by atoms with van der Waals surface area (Å²) in [6.07, 6.45) is 2.04. The first kappa shape index (κ1) is 26.1. The molecular formula is C34H31ClN4O. The van der Waals surface area contributed by atoms with E-state index in [2.05, 4.69) is 46.1 Å². The Morgan fingerprint density at radius 2 is 1.73 bits per heavy atom. The molecule has 5 nitrogen and oxygen atoms in total. The lowest BCUT2D eigenvalue weighted by Gasteiger charge is -2.35. The molecule has 0 aliphatic carbocycles. The number of nitrogens with zero attached hydrogens (tertiary/aromatic N) is 3. The summed E-state index contributed by atoms with van der Waals surface area (Å²) in [5.41, 5.74) is 4.32. The first-order valence-electron chi connectivity index (χ1n) is 13.7. The molecule has 1 atom stereocenters. The highest BCUT2D eigenvalue weighted by Gasteiger charge is 2.29. The number of carbonyl (C=O) groups is 1. The number of rotatable bonds is 6. The quantitative estimate of drug-likeness (QED) is 0.245. The lowest BCUT2D eigenvalue weighted by molar-refractivity contribution is 0.0892. The van der Waals surface area contributed by atoms with Crippen LogP contribution in [0.1, 0.15) is 46.1 Å². The van der Waals surface area contributed by atoms with Crippen LogP contribution >= 0.6 is 11.6 Å². The molecule has 1 N–H and O–H groups in total. The molecule has 0 spiro atoms. The van der Waals surface area contributed by atoms with Gasteiger partial charge in [-0.05, 0) is 103 Å². The number of nitrogens with one attached hydrogen (secondary N) is 1. The molecule has 200 valence electrons. The normalized spacial score (nSPS) is 15.2. The van der Waals surface area contributed by atoms with Gasteiger partial charge in [0.15, 0.2) is 0 Å². The fraction of sp³-hybridized carbons (Fsp3) is 0.235. The second kappa shape index (κ2) is 11.2. The summed E-state index contributed by atoms with van der Waals surface area (Å²) in [6.45, 7) is 2.52. The zero-order valence-corrected chi connectivity index (χ0v) is 23.2. The highest BCUT2D eigenvalue weighted by atomic mass is 35.5.